The Kier molecular flexibility index (Phi) is 3.18. The van der Waals surface area contributed by atoms with Crippen LogP contribution in [0.25, 0.3) is 0 Å². The lowest BCUT2D eigenvalue weighted by atomic mass is 9.77. The summed E-state index contributed by atoms with van der Waals surface area (Å²) in [7, 11) is 4.52. The van der Waals surface area contributed by atoms with Crippen LogP contribution in [0, 0.1) is 11.3 Å². The Hall–Kier alpha value is -0.120. The predicted molar refractivity (Wildman–Crippen MR) is 71.2 cm³/mol. The number of hydrogen-bond donors (Lipinski definition) is 0. The molecule has 0 unspecified atom stereocenters. The normalized spacial score (nSPS) is 32.1. The zero-order chi connectivity index (χ0) is 11.9. The Bertz CT molecular complexity index is 265. The highest BCUT2D eigenvalue weighted by Gasteiger charge is 2.39. The van der Waals surface area contributed by atoms with Crippen molar-refractivity contribution in [3.63, 3.8) is 0 Å². The van der Waals surface area contributed by atoms with E-state index >= 15 is 0 Å². The molecule has 0 aromatic rings. The topological polar surface area (TPSA) is 9.72 Å². The van der Waals surface area contributed by atoms with E-state index in [0.717, 1.165) is 5.92 Å². The molecule has 0 amide bonds. The van der Waals surface area contributed by atoms with E-state index in [9.17, 15) is 0 Å². The highest BCUT2D eigenvalue weighted by Crippen LogP contribution is 2.39. The van der Waals surface area contributed by atoms with Crippen LogP contribution in [0.3, 0.4) is 0 Å². The quantitative estimate of drug-likeness (QED) is 0.708. The Morgan fingerprint density at radius 3 is 2.12 bits per heavy atom. The van der Waals surface area contributed by atoms with Crippen LogP contribution in [0.2, 0.25) is 0 Å². The van der Waals surface area contributed by atoms with Gasteiger partial charge in [0.1, 0.15) is 0 Å². The fourth-order valence-electron chi connectivity index (χ4n) is 4.09. The van der Waals surface area contributed by atoms with Gasteiger partial charge in [0, 0.05) is 26.2 Å². The van der Waals surface area contributed by atoms with E-state index < -0.39 is 0 Å². The molecule has 0 bridgehead atoms. The summed E-state index contributed by atoms with van der Waals surface area (Å²) in [5.74, 6) is 0.959. The molecule has 3 aliphatic rings. The van der Waals surface area contributed by atoms with Crippen molar-refractivity contribution in [1.29, 1.82) is 0 Å². The molecule has 3 nitrogen and oxygen atoms in total. The maximum Gasteiger partial charge on any atom is 0.00364 e. The van der Waals surface area contributed by atoms with Crippen molar-refractivity contribution >= 4 is 0 Å². The number of nitrogens with zero attached hydrogens (tertiary/aromatic N) is 3. The van der Waals surface area contributed by atoms with Crippen molar-refractivity contribution in [2.75, 3.05) is 59.9 Å². The fourth-order valence-corrected chi connectivity index (χ4v) is 4.09. The third-order valence-electron chi connectivity index (χ3n) is 5.20. The molecule has 3 fully saturated rings. The van der Waals surface area contributed by atoms with Crippen LogP contribution in [0.1, 0.15) is 19.3 Å². The van der Waals surface area contributed by atoms with Crippen LogP contribution in [-0.2, 0) is 0 Å². The second-order valence-corrected chi connectivity index (χ2v) is 6.88. The third-order valence-corrected chi connectivity index (χ3v) is 5.20. The zero-order valence-electron chi connectivity index (χ0n) is 11.5. The molecular weight excluding hydrogens is 210 g/mol. The Balaban J connectivity index is 1.44. The highest BCUT2D eigenvalue weighted by atomic mass is 15.2. The first-order chi connectivity index (χ1) is 8.15. The van der Waals surface area contributed by atoms with Crippen LogP contribution in [0.15, 0.2) is 0 Å². The summed E-state index contributed by atoms with van der Waals surface area (Å²) in [5.41, 5.74) is 0.696. The second-order valence-electron chi connectivity index (χ2n) is 6.88. The van der Waals surface area contributed by atoms with Gasteiger partial charge in [0.05, 0.1) is 0 Å². The number of hydrogen-bond acceptors (Lipinski definition) is 3. The first-order valence-corrected chi connectivity index (χ1v) is 7.25. The molecule has 98 valence electrons. The summed E-state index contributed by atoms with van der Waals surface area (Å²) in [6.07, 6.45) is 4.34. The summed E-state index contributed by atoms with van der Waals surface area (Å²) in [4.78, 5) is 7.68. The Morgan fingerprint density at radius 2 is 1.59 bits per heavy atom. The van der Waals surface area contributed by atoms with Gasteiger partial charge in [0.15, 0.2) is 0 Å². The van der Waals surface area contributed by atoms with Crippen LogP contribution in [0.4, 0.5) is 0 Å². The van der Waals surface area contributed by atoms with Gasteiger partial charge < -0.3 is 14.7 Å². The average molecular weight is 237 g/mol. The van der Waals surface area contributed by atoms with Gasteiger partial charge in [0.2, 0.25) is 0 Å². The Labute approximate surface area is 106 Å². The molecule has 0 aromatic carbocycles. The van der Waals surface area contributed by atoms with E-state index in [-0.39, 0.29) is 0 Å². The van der Waals surface area contributed by atoms with Gasteiger partial charge in [0.25, 0.3) is 0 Å². The van der Waals surface area contributed by atoms with Crippen molar-refractivity contribution in [1.82, 2.24) is 14.7 Å². The number of piperidine rings is 1. The Morgan fingerprint density at radius 1 is 0.941 bits per heavy atom. The van der Waals surface area contributed by atoms with Gasteiger partial charge in [-0.05, 0) is 64.3 Å². The van der Waals surface area contributed by atoms with Gasteiger partial charge in [-0.25, -0.2) is 0 Å². The molecule has 0 atom stereocenters. The molecule has 17 heavy (non-hydrogen) atoms. The van der Waals surface area contributed by atoms with Crippen molar-refractivity contribution in [2.45, 2.75) is 19.3 Å². The first-order valence-electron chi connectivity index (χ1n) is 7.25. The molecule has 3 saturated heterocycles. The second kappa shape index (κ2) is 4.52. The van der Waals surface area contributed by atoms with Gasteiger partial charge in [-0.3, -0.25) is 0 Å². The third kappa shape index (κ3) is 2.51. The zero-order valence-corrected chi connectivity index (χ0v) is 11.5. The van der Waals surface area contributed by atoms with E-state index in [1.54, 1.807) is 0 Å². The van der Waals surface area contributed by atoms with Crippen molar-refractivity contribution in [3.05, 3.63) is 0 Å². The summed E-state index contributed by atoms with van der Waals surface area (Å²) >= 11 is 0. The summed E-state index contributed by atoms with van der Waals surface area (Å²) in [6.45, 7) is 9.40. The molecular formula is C14H27N3. The molecule has 3 heteroatoms. The molecule has 0 radical (unpaired) electrons. The van der Waals surface area contributed by atoms with Crippen LogP contribution >= 0.6 is 0 Å². The minimum absolute atomic E-state index is 0.696. The molecule has 3 heterocycles. The van der Waals surface area contributed by atoms with Gasteiger partial charge >= 0.3 is 0 Å². The van der Waals surface area contributed by atoms with Crippen molar-refractivity contribution in [3.8, 4) is 0 Å². The average Bonchev–Trinajstić information content (AvgIpc) is 2.62. The lowest BCUT2D eigenvalue weighted by molar-refractivity contribution is 0.0528. The van der Waals surface area contributed by atoms with E-state index in [2.05, 4.69) is 28.8 Å². The summed E-state index contributed by atoms with van der Waals surface area (Å²) < 4.78 is 0. The van der Waals surface area contributed by atoms with E-state index in [1.807, 2.05) is 0 Å². The molecule has 3 rings (SSSR count). The minimum Gasteiger partial charge on any atom is -0.306 e. The first kappa shape index (κ1) is 11.9. The maximum absolute atomic E-state index is 2.72. The monoisotopic (exact) mass is 237 g/mol. The maximum atomic E-state index is 2.72. The largest absolute Gasteiger partial charge is 0.306 e. The summed E-state index contributed by atoms with van der Waals surface area (Å²) in [6, 6.07) is 0. The molecule has 0 aromatic heterocycles. The molecule has 0 saturated carbocycles. The van der Waals surface area contributed by atoms with E-state index in [0.29, 0.717) is 5.41 Å². The minimum atomic E-state index is 0.696. The fraction of sp³-hybridized carbons (Fsp3) is 1.00. The van der Waals surface area contributed by atoms with Gasteiger partial charge in [-0.15, -0.1) is 0 Å². The molecule has 1 spiro atoms. The van der Waals surface area contributed by atoms with Gasteiger partial charge in [-0.1, -0.05) is 0 Å². The predicted octanol–water partition coefficient (Wildman–Crippen LogP) is 0.966. The molecule has 3 aliphatic heterocycles. The van der Waals surface area contributed by atoms with E-state index in [4.69, 9.17) is 0 Å². The van der Waals surface area contributed by atoms with E-state index in [1.165, 1.54) is 65.1 Å². The standard InChI is InChI=1S/C14H27N3/c1-15-6-3-14(12-15)4-7-17(8-5-14)11-13-9-16(2)10-13/h13H,3-12H2,1-2H3. The van der Waals surface area contributed by atoms with Crippen LogP contribution in [0.5, 0.6) is 0 Å². The summed E-state index contributed by atoms with van der Waals surface area (Å²) in [5, 5.41) is 0. The van der Waals surface area contributed by atoms with Crippen LogP contribution < -0.4 is 0 Å². The lowest BCUT2D eigenvalue weighted by Crippen LogP contribution is -2.51. The SMILES string of the molecule is CN1CC(CN2CCC3(CCN(C)C3)CC2)C1. The van der Waals surface area contributed by atoms with Crippen molar-refractivity contribution in [2.24, 2.45) is 11.3 Å². The molecule has 0 aliphatic carbocycles. The number of rotatable bonds is 2. The lowest BCUT2D eigenvalue weighted by Gasteiger charge is -2.44. The molecule has 0 N–H and O–H groups in total. The van der Waals surface area contributed by atoms with Gasteiger partial charge in [-0.2, -0.15) is 0 Å². The number of likely N-dealkylation sites (tertiary alicyclic amines) is 3. The smallest absolute Gasteiger partial charge is 0.00364 e. The highest BCUT2D eigenvalue weighted by molar-refractivity contribution is 4.93. The van der Waals surface area contributed by atoms with Crippen molar-refractivity contribution < 1.29 is 0 Å². The van der Waals surface area contributed by atoms with Crippen LogP contribution in [-0.4, -0.2) is 74.6 Å².